The molecule has 0 unspecified atom stereocenters. The standard InChI is InChI=1S/C19H17N3O/c1-14(2)16-7-9-18(10-8-16)17-5-3-15(4-6-17)13-23-22-19(11-20)12-21/h3-10,14H,13H2,1-2H3. The maximum Gasteiger partial charge on any atom is 0.256 e. The van der Waals surface area contributed by atoms with Crippen LogP contribution < -0.4 is 0 Å². The molecule has 4 nitrogen and oxygen atoms in total. The van der Waals surface area contributed by atoms with E-state index in [0.717, 1.165) is 16.7 Å². The predicted molar refractivity (Wildman–Crippen MR) is 89.4 cm³/mol. The van der Waals surface area contributed by atoms with Gasteiger partial charge in [-0.1, -0.05) is 67.5 Å². The predicted octanol–water partition coefficient (Wildman–Crippen LogP) is 4.40. The molecule has 0 aliphatic rings. The summed E-state index contributed by atoms with van der Waals surface area (Å²) in [6, 6.07) is 19.8. The molecule has 2 aromatic carbocycles. The molecular weight excluding hydrogens is 286 g/mol. The van der Waals surface area contributed by atoms with E-state index in [2.05, 4.69) is 43.3 Å². The van der Waals surface area contributed by atoms with Crippen molar-refractivity contribution in [3.05, 3.63) is 59.7 Å². The van der Waals surface area contributed by atoms with Crippen molar-refractivity contribution in [2.75, 3.05) is 0 Å². The number of hydrogen-bond donors (Lipinski definition) is 0. The van der Waals surface area contributed by atoms with E-state index in [1.165, 1.54) is 5.56 Å². The number of rotatable bonds is 5. The summed E-state index contributed by atoms with van der Waals surface area (Å²) in [7, 11) is 0. The van der Waals surface area contributed by atoms with Crippen LogP contribution in [-0.4, -0.2) is 5.71 Å². The summed E-state index contributed by atoms with van der Waals surface area (Å²) < 4.78 is 0. The average Bonchev–Trinajstić information content (AvgIpc) is 2.59. The minimum absolute atomic E-state index is 0.222. The minimum Gasteiger partial charge on any atom is -0.389 e. The lowest BCUT2D eigenvalue weighted by Crippen LogP contribution is -1.93. The number of oxime groups is 1. The van der Waals surface area contributed by atoms with Crippen LogP contribution in [0.15, 0.2) is 53.7 Å². The first kappa shape index (κ1) is 16.3. The van der Waals surface area contributed by atoms with Crippen molar-refractivity contribution < 1.29 is 4.84 Å². The Balaban J connectivity index is 2.04. The van der Waals surface area contributed by atoms with Gasteiger partial charge in [0.15, 0.2) is 0 Å². The van der Waals surface area contributed by atoms with Gasteiger partial charge in [0.05, 0.1) is 0 Å². The Bertz CT molecular complexity index is 744. The molecule has 0 N–H and O–H groups in total. The van der Waals surface area contributed by atoms with Crippen LogP contribution >= 0.6 is 0 Å². The Morgan fingerprint density at radius 1 is 0.957 bits per heavy atom. The van der Waals surface area contributed by atoms with E-state index in [9.17, 15) is 0 Å². The van der Waals surface area contributed by atoms with Gasteiger partial charge >= 0.3 is 0 Å². The van der Waals surface area contributed by atoms with Gasteiger partial charge in [-0.05, 0) is 28.2 Å². The van der Waals surface area contributed by atoms with Gasteiger partial charge in [-0.2, -0.15) is 10.5 Å². The van der Waals surface area contributed by atoms with E-state index in [1.54, 1.807) is 12.1 Å². The zero-order chi connectivity index (χ0) is 16.7. The zero-order valence-electron chi connectivity index (χ0n) is 13.2. The van der Waals surface area contributed by atoms with Crippen LogP contribution in [0.5, 0.6) is 0 Å². The van der Waals surface area contributed by atoms with E-state index >= 15 is 0 Å². The molecule has 0 amide bonds. The van der Waals surface area contributed by atoms with Crippen molar-refractivity contribution in [1.29, 1.82) is 10.5 Å². The van der Waals surface area contributed by atoms with Gasteiger partial charge in [0.1, 0.15) is 18.7 Å². The Morgan fingerprint density at radius 2 is 1.48 bits per heavy atom. The topological polar surface area (TPSA) is 69.2 Å². The second-order valence-electron chi connectivity index (χ2n) is 5.41. The highest BCUT2D eigenvalue weighted by Crippen LogP contribution is 2.23. The normalized spacial score (nSPS) is 9.78. The van der Waals surface area contributed by atoms with Crippen LogP contribution in [0.3, 0.4) is 0 Å². The summed E-state index contributed by atoms with van der Waals surface area (Å²) >= 11 is 0. The molecule has 2 aromatic rings. The fraction of sp³-hybridized carbons (Fsp3) is 0.211. The number of nitriles is 2. The summed E-state index contributed by atoms with van der Waals surface area (Å²) in [4.78, 5) is 4.99. The smallest absolute Gasteiger partial charge is 0.256 e. The van der Waals surface area contributed by atoms with Gasteiger partial charge in [-0.3, -0.25) is 0 Å². The number of hydrogen-bond acceptors (Lipinski definition) is 4. The molecule has 0 aliphatic heterocycles. The highest BCUT2D eigenvalue weighted by atomic mass is 16.6. The monoisotopic (exact) mass is 303 g/mol. The van der Waals surface area contributed by atoms with Gasteiger partial charge in [-0.15, -0.1) is 0 Å². The fourth-order valence-corrected chi connectivity index (χ4v) is 2.09. The number of nitrogens with zero attached hydrogens (tertiary/aromatic N) is 3. The van der Waals surface area contributed by atoms with Crippen molar-refractivity contribution in [1.82, 2.24) is 0 Å². The Kier molecular flexibility index (Phi) is 5.50. The molecule has 0 atom stereocenters. The van der Waals surface area contributed by atoms with Crippen LogP contribution in [0.25, 0.3) is 11.1 Å². The lowest BCUT2D eigenvalue weighted by Gasteiger charge is -2.08. The maximum atomic E-state index is 8.56. The number of benzene rings is 2. The minimum atomic E-state index is -0.285. The van der Waals surface area contributed by atoms with Gasteiger partial charge in [0.25, 0.3) is 5.71 Å². The molecule has 0 aromatic heterocycles. The molecule has 0 spiro atoms. The highest BCUT2D eigenvalue weighted by Gasteiger charge is 2.02. The average molecular weight is 303 g/mol. The van der Waals surface area contributed by atoms with Crippen molar-refractivity contribution in [2.24, 2.45) is 5.16 Å². The second kappa shape index (κ2) is 7.77. The first-order valence-corrected chi connectivity index (χ1v) is 7.33. The van der Waals surface area contributed by atoms with Gasteiger partial charge in [0.2, 0.25) is 0 Å². The van der Waals surface area contributed by atoms with E-state index < -0.39 is 0 Å². The zero-order valence-corrected chi connectivity index (χ0v) is 13.2. The highest BCUT2D eigenvalue weighted by molar-refractivity contribution is 6.09. The van der Waals surface area contributed by atoms with Crippen molar-refractivity contribution >= 4 is 5.71 Å². The van der Waals surface area contributed by atoms with Crippen LogP contribution in [-0.2, 0) is 11.4 Å². The van der Waals surface area contributed by atoms with Crippen LogP contribution in [0.2, 0.25) is 0 Å². The lowest BCUT2D eigenvalue weighted by molar-refractivity contribution is 0.131. The Morgan fingerprint density at radius 3 is 1.96 bits per heavy atom. The molecule has 0 heterocycles. The van der Waals surface area contributed by atoms with E-state index in [-0.39, 0.29) is 12.3 Å². The molecule has 0 bridgehead atoms. The van der Waals surface area contributed by atoms with Crippen molar-refractivity contribution in [3.63, 3.8) is 0 Å². The second-order valence-corrected chi connectivity index (χ2v) is 5.41. The maximum absolute atomic E-state index is 8.56. The van der Waals surface area contributed by atoms with Crippen LogP contribution in [0.4, 0.5) is 0 Å². The van der Waals surface area contributed by atoms with Crippen LogP contribution in [0, 0.1) is 22.7 Å². The molecule has 4 heteroatoms. The summed E-state index contributed by atoms with van der Waals surface area (Å²) in [5, 5.41) is 20.6. The molecule has 0 aliphatic carbocycles. The van der Waals surface area contributed by atoms with Gasteiger partial charge in [0, 0.05) is 0 Å². The molecule has 0 fully saturated rings. The summed E-state index contributed by atoms with van der Waals surface area (Å²) in [6.45, 7) is 4.58. The fourth-order valence-electron chi connectivity index (χ4n) is 2.09. The largest absolute Gasteiger partial charge is 0.389 e. The molecular formula is C19H17N3O. The van der Waals surface area contributed by atoms with E-state index in [4.69, 9.17) is 15.4 Å². The first-order chi connectivity index (χ1) is 11.1. The summed E-state index contributed by atoms with van der Waals surface area (Å²) in [5.74, 6) is 0.524. The van der Waals surface area contributed by atoms with Crippen molar-refractivity contribution in [3.8, 4) is 23.3 Å². The van der Waals surface area contributed by atoms with Gasteiger partial charge < -0.3 is 4.84 Å². The lowest BCUT2D eigenvalue weighted by atomic mass is 9.98. The molecule has 23 heavy (non-hydrogen) atoms. The first-order valence-electron chi connectivity index (χ1n) is 7.33. The third-order valence-electron chi connectivity index (χ3n) is 3.46. The third kappa shape index (κ3) is 4.43. The van der Waals surface area contributed by atoms with Crippen molar-refractivity contribution in [2.45, 2.75) is 26.4 Å². The molecule has 2 rings (SSSR count). The SMILES string of the molecule is CC(C)c1ccc(-c2ccc(CON=C(C#N)C#N)cc2)cc1. The Labute approximate surface area is 136 Å². The van der Waals surface area contributed by atoms with E-state index in [1.807, 2.05) is 24.3 Å². The quantitative estimate of drug-likeness (QED) is 0.607. The Hall–Kier alpha value is -3.11. The summed E-state index contributed by atoms with van der Waals surface area (Å²) in [6.07, 6.45) is 0. The molecule has 114 valence electrons. The molecule has 0 radical (unpaired) electrons. The molecule has 0 saturated heterocycles. The van der Waals surface area contributed by atoms with E-state index in [0.29, 0.717) is 5.92 Å². The van der Waals surface area contributed by atoms with Gasteiger partial charge in [-0.25, -0.2) is 0 Å². The summed E-state index contributed by atoms with van der Waals surface area (Å²) in [5.41, 5.74) is 4.25. The third-order valence-corrected chi connectivity index (χ3v) is 3.46. The molecule has 0 saturated carbocycles. The van der Waals surface area contributed by atoms with Crippen LogP contribution in [0.1, 0.15) is 30.9 Å².